The second kappa shape index (κ2) is 9.85. The van der Waals surface area contributed by atoms with Gasteiger partial charge in [-0.3, -0.25) is 24.1 Å². The first-order valence-electron chi connectivity index (χ1n) is 12.2. The molecule has 0 unspecified atom stereocenters. The molecule has 2 atom stereocenters. The number of nitrogens with one attached hydrogen (secondary N) is 2. The maximum Gasteiger partial charge on any atom is 0.255 e. The van der Waals surface area contributed by atoms with Gasteiger partial charge in [-0.1, -0.05) is 29.3 Å². The van der Waals surface area contributed by atoms with Crippen molar-refractivity contribution in [1.29, 1.82) is 0 Å². The van der Waals surface area contributed by atoms with E-state index in [1.165, 1.54) is 4.90 Å². The molecule has 1 aliphatic carbocycles. The van der Waals surface area contributed by atoms with Crippen molar-refractivity contribution in [3.8, 4) is 0 Å². The first kappa shape index (κ1) is 24.2. The second-order valence-electron chi connectivity index (χ2n) is 9.61. The third kappa shape index (κ3) is 4.93. The SMILES string of the molecule is CC1=CC[C@@H]2C(=O)N(c3ccc(C(=O)Nc4ccc(C(=O)Nc5ccc(C)cc5)cc4)cc3)C(=O)[C@@H]2C1. The summed E-state index contributed by atoms with van der Waals surface area (Å²) in [6, 6.07) is 20.6. The van der Waals surface area contributed by atoms with Crippen LogP contribution in [0.5, 0.6) is 0 Å². The molecular formula is C30H27N3O4. The van der Waals surface area contributed by atoms with Gasteiger partial charge >= 0.3 is 0 Å². The van der Waals surface area contributed by atoms with Crippen LogP contribution < -0.4 is 15.5 Å². The van der Waals surface area contributed by atoms with Gasteiger partial charge in [-0.25, -0.2) is 0 Å². The summed E-state index contributed by atoms with van der Waals surface area (Å²) in [5, 5.41) is 5.65. The lowest BCUT2D eigenvalue weighted by atomic mass is 9.82. The number of fused-ring (bicyclic) bond motifs is 1. The van der Waals surface area contributed by atoms with E-state index in [4.69, 9.17) is 0 Å². The number of amides is 4. The first-order valence-corrected chi connectivity index (χ1v) is 12.2. The quantitative estimate of drug-likeness (QED) is 0.370. The van der Waals surface area contributed by atoms with E-state index in [1.807, 2.05) is 44.2 Å². The topological polar surface area (TPSA) is 95.6 Å². The fourth-order valence-electron chi connectivity index (χ4n) is 4.80. The molecule has 7 heteroatoms. The average molecular weight is 494 g/mol. The van der Waals surface area contributed by atoms with E-state index in [0.717, 1.165) is 11.1 Å². The van der Waals surface area contributed by atoms with Crippen LogP contribution in [-0.4, -0.2) is 23.6 Å². The summed E-state index contributed by atoms with van der Waals surface area (Å²) < 4.78 is 0. The van der Waals surface area contributed by atoms with Gasteiger partial charge in [-0.15, -0.1) is 0 Å². The highest BCUT2D eigenvalue weighted by Crippen LogP contribution is 2.39. The summed E-state index contributed by atoms with van der Waals surface area (Å²) in [4.78, 5) is 52.3. The van der Waals surface area contributed by atoms with E-state index >= 15 is 0 Å². The molecule has 186 valence electrons. The molecular weight excluding hydrogens is 466 g/mol. The van der Waals surface area contributed by atoms with Crippen LogP contribution in [0, 0.1) is 18.8 Å². The van der Waals surface area contributed by atoms with Crippen LogP contribution in [0.3, 0.4) is 0 Å². The fourth-order valence-corrected chi connectivity index (χ4v) is 4.80. The minimum absolute atomic E-state index is 0.175. The van der Waals surface area contributed by atoms with E-state index in [-0.39, 0.29) is 35.5 Å². The number of nitrogens with zero attached hydrogens (tertiary/aromatic N) is 1. The minimum atomic E-state index is -0.337. The molecule has 4 amide bonds. The van der Waals surface area contributed by atoms with Crippen LogP contribution in [0.25, 0.3) is 0 Å². The Morgan fingerprint density at radius 2 is 1.19 bits per heavy atom. The number of anilines is 3. The molecule has 7 nitrogen and oxygen atoms in total. The number of carbonyl (C=O) groups is 4. The zero-order chi connectivity index (χ0) is 26.1. The summed E-state index contributed by atoms with van der Waals surface area (Å²) in [6.07, 6.45) is 3.23. The number of hydrogen-bond acceptors (Lipinski definition) is 4. The Morgan fingerprint density at radius 1 is 0.703 bits per heavy atom. The van der Waals surface area contributed by atoms with Gasteiger partial charge in [0.1, 0.15) is 0 Å². The maximum absolute atomic E-state index is 12.9. The van der Waals surface area contributed by atoms with Crippen LogP contribution in [0.4, 0.5) is 17.1 Å². The standard InChI is InChI=1S/C30H27N3O4/c1-18-3-10-22(11-4-18)31-27(34)20-6-12-23(13-7-20)32-28(35)21-8-14-24(15-9-21)33-29(36)25-16-5-19(2)17-26(25)30(33)37/h3-15,25-26H,16-17H2,1-2H3,(H,31,34)(H,32,35)/t25-,26+/m0/s1. The molecule has 3 aromatic rings. The van der Waals surface area contributed by atoms with Crippen molar-refractivity contribution >= 4 is 40.7 Å². The molecule has 1 fully saturated rings. The van der Waals surface area contributed by atoms with Gasteiger partial charge in [0, 0.05) is 22.5 Å². The summed E-state index contributed by atoms with van der Waals surface area (Å²) in [5.74, 6) is -1.54. The molecule has 0 spiro atoms. The van der Waals surface area contributed by atoms with Crippen molar-refractivity contribution in [3.05, 3.63) is 101 Å². The predicted molar refractivity (Wildman–Crippen MR) is 142 cm³/mol. The van der Waals surface area contributed by atoms with Crippen LogP contribution in [-0.2, 0) is 9.59 Å². The van der Waals surface area contributed by atoms with E-state index in [1.54, 1.807) is 48.5 Å². The minimum Gasteiger partial charge on any atom is -0.322 e. The smallest absolute Gasteiger partial charge is 0.255 e. The number of rotatable bonds is 5. The fraction of sp³-hybridized carbons (Fsp3) is 0.200. The molecule has 1 heterocycles. The Kier molecular flexibility index (Phi) is 6.44. The van der Waals surface area contributed by atoms with Gasteiger partial charge < -0.3 is 10.6 Å². The number of benzene rings is 3. The number of hydrogen-bond donors (Lipinski definition) is 2. The van der Waals surface area contributed by atoms with Crippen molar-refractivity contribution < 1.29 is 19.2 Å². The van der Waals surface area contributed by atoms with E-state index < -0.39 is 0 Å². The largest absolute Gasteiger partial charge is 0.322 e. The molecule has 0 radical (unpaired) electrons. The van der Waals surface area contributed by atoms with Crippen molar-refractivity contribution in [2.45, 2.75) is 26.7 Å². The van der Waals surface area contributed by atoms with E-state index in [0.29, 0.717) is 41.0 Å². The van der Waals surface area contributed by atoms with Crippen molar-refractivity contribution in [3.63, 3.8) is 0 Å². The van der Waals surface area contributed by atoms with Crippen molar-refractivity contribution in [2.24, 2.45) is 11.8 Å². The normalized spacial score (nSPS) is 18.8. The highest BCUT2D eigenvalue weighted by Gasteiger charge is 2.48. The summed E-state index contributed by atoms with van der Waals surface area (Å²) in [5.41, 5.74) is 4.82. The Balaban J connectivity index is 1.21. The monoisotopic (exact) mass is 493 g/mol. The molecule has 5 rings (SSSR count). The highest BCUT2D eigenvalue weighted by molar-refractivity contribution is 6.22. The van der Waals surface area contributed by atoms with Crippen molar-refractivity contribution in [2.75, 3.05) is 15.5 Å². The van der Waals surface area contributed by atoms with Gasteiger partial charge in [-0.2, -0.15) is 0 Å². The lowest BCUT2D eigenvalue weighted by Crippen LogP contribution is -2.30. The number of carbonyl (C=O) groups excluding carboxylic acids is 4. The first-order chi connectivity index (χ1) is 17.8. The molecule has 1 aliphatic heterocycles. The highest BCUT2D eigenvalue weighted by atomic mass is 16.2. The van der Waals surface area contributed by atoms with Crippen molar-refractivity contribution in [1.82, 2.24) is 0 Å². The van der Waals surface area contributed by atoms with Gasteiger partial charge in [0.15, 0.2) is 0 Å². The predicted octanol–water partition coefficient (Wildman–Crippen LogP) is 5.35. The number of aryl methyl sites for hydroxylation is 1. The van der Waals surface area contributed by atoms with Crippen LogP contribution >= 0.6 is 0 Å². The molecule has 0 saturated carbocycles. The molecule has 2 N–H and O–H groups in total. The summed E-state index contributed by atoms with van der Waals surface area (Å²) in [7, 11) is 0. The second-order valence-corrected chi connectivity index (χ2v) is 9.61. The third-order valence-corrected chi connectivity index (χ3v) is 6.93. The molecule has 0 bridgehead atoms. The average Bonchev–Trinajstić information content (AvgIpc) is 3.14. The zero-order valence-electron chi connectivity index (χ0n) is 20.7. The van der Waals surface area contributed by atoms with E-state index in [9.17, 15) is 19.2 Å². The maximum atomic E-state index is 12.9. The number of imide groups is 1. The zero-order valence-corrected chi connectivity index (χ0v) is 20.7. The lowest BCUT2D eigenvalue weighted by molar-refractivity contribution is -0.122. The molecule has 2 aliphatic rings. The Hall–Kier alpha value is -4.52. The summed E-state index contributed by atoms with van der Waals surface area (Å²) in [6.45, 7) is 3.96. The van der Waals surface area contributed by atoms with Crippen LogP contribution in [0.2, 0.25) is 0 Å². The third-order valence-electron chi connectivity index (χ3n) is 6.93. The molecule has 1 saturated heterocycles. The molecule has 37 heavy (non-hydrogen) atoms. The van der Waals surface area contributed by atoms with Gasteiger partial charge in [0.25, 0.3) is 11.8 Å². The molecule has 0 aromatic heterocycles. The van der Waals surface area contributed by atoms with Crippen LogP contribution in [0.15, 0.2) is 84.4 Å². The Labute approximate surface area is 215 Å². The Morgan fingerprint density at radius 3 is 1.76 bits per heavy atom. The Bertz CT molecular complexity index is 1410. The van der Waals surface area contributed by atoms with Gasteiger partial charge in [0.2, 0.25) is 11.8 Å². The number of allylic oxidation sites excluding steroid dienone is 2. The van der Waals surface area contributed by atoms with Gasteiger partial charge in [0.05, 0.1) is 17.5 Å². The van der Waals surface area contributed by atoms with Gasteiger partial charge in [-0.05, 0) is 87.4 Å². The summed E-state index contributed by atoms with van der Waals surface area (Å²) >= 11 is 0. The van der Waals surface area contributed by atoms with Crippen LogP contribution in [0.1, 0.15) is 46.0 Å². The lowest BCUT2D eigenvalue weighted by Gasteiger charge is -2.18. The molecule has 3 aromatic carbocycles. The van der Waals surface area contributed by atoms with E-state index in [2.05, 4.69) is 10.6 Å².